The van der Waals surface area contributed by atoms with Crippen molar-refractivity contribution in [1.29, 1.82) is 0 Å². The van der Waals surface area contributed by atoms with E-state index in [1.165, 1.54) is 36.1 Å². The van der Waals surface area contributed by atoms with E-state index >= 15 is 0 Å². The molecule has 0 aliphatic rings. The van der Waals surface area contributed by atoms with Gasteiger partial charge < -0.3 is 9.84 Å². The van der Waals surface area contributed by atoms with Crippen molar-refractivity contribution in [3.63, 3.8) is 0 Å². The van der Waals surface area contributed by atoms with Crippen LogP contribution in [-0.2, 0) is 0 Å². The topological polar surface area (TPSA) is 77.2 Å². The number of benzene rings is 1. The molecule has 0 amide bonds. The van der Waals surface area contributed by atoms with Crippen LogP contribution < -0.4 is 4.74 Å². The Labute approximate surface area is 145 Å². The van der Waals surface area contributed by atoms with Gasteiger partial charge in [0.2, 0.25) is 0 Å². The molecule has 0 unspecified atom stereocenters. The summed E-state index contributed by atoms with van der Waals surface area (Å²) in [5, 5.41) is 13.8. The zero-order valence-electron chi connectivity index (χ0n) is 13.4. The third kappa shape index (κ3) is 3.51. The number of alkyl halides is 3. The van der Waals surface area contributed by atoms with E-state index in [0.29, 0.717) is 5.56 Å². The number of hydrogen-bond acceptors (Lipinski definition) is 4. The molecule has 0 saturated carbocycles. The second-order valence-electron chi connectivity index (χ2n) is 5.31. The number of ether oxygens (including phenoxy) is 1. The fourth-order valence-electron chi connectivity index (χ4n) is 2.53. The zero-order chi connectivity index (χ0) is 18.9. The van der Waals surface area contributed by atoms with E-state index in [9.17, 15) is 23.1 Å². The first kappa shape index (κ1) is 17.5. The Morgan fingerprint density at radius 1 is 1.19 bits per heavy atom. The third-order valence-electron chi connectivity index (χ3n) is 3.58. The molecule has 0 aliphatic carbocycles. The lowest BCUT2D eigenvalue weighted by molar-refractivity contribution is -0.274. The number of carboxylic acid groups (broad SMARTS) is 1. The van der Waals surface area contributed by atoms with E-state index in [4.69, 9.17) is 0 Å². The van der Waals surface area contributed by atoms with Crippen LogP contribution in [0.2, 0.25) is 0 Å². The summed E-state index contributed by atoms with van der Waals surface area (Å²) in [6.07, 6.45) is -1.84. The molecule has 0 radical (unpaired) electrons. The maximum Gasteiger partial charge on any atom is 0.573 e. The highest BCUT2D eigenvalue weighted by molar-refractivity contribution is 5.96. The van der Waals surface area contributed by atoms with E-state index in [1.54, 1.807) is 12.1 Å². The molecule has 3 aromatic rings. The van der Waals surface area contributed by atoms with Crippen molar-refractivity contribution in [2.75, 3.05) is 0 Å². The van der Waals surface area contributed by atoms with Crippen molar-refractivity contribution in [3.05, 3.63) is 60.0 Å². The van der Waals surface area contributed by atoms with Gasteiger partial charge in [-0.1, -0.05) is 6.07 Å². The molecule has 0 fully saturated rings. The van der Waals surface area contributed by atoms with Gasteiger partial charge in [-0.15, -0.1) is 13.2 Å². The maximum absolute atomic E-state index is 12.4. The lowest BCUT2D eigenvalue weighted by atomic mass is 10.1. The molecular formula is C17H12F3N3O3. The highest BCUT2D eigenvalue weighted by atomic mass is 19.4. The molecule has 2 aromatic heterocycles. The Hall–Kier alpha value is -3.36. The van der Waals surface area contributed by atoms with Gasteiger partial charge in [-0.05, 0) is 31.2 Å². The Morgan fingerprint density at radius 3 is 2.50 bits per heavy atom. The summed E-state index contributed by atoms with van der Waals surface area (Å²) in [5.74, 6) is -1.62. The van der Waals surface area contributed by atoms with Crippen molar-refractivity contribution in [2.24, 2.45) is 0 Å². The Morgan fingerprint density at radius 2 is 1.88 bits per heavy atom. The normalized spacial score (nSPS) is 11.4. The summed E-state index contributed by atoms with van der Waals surface area (Å²) in [7, 11) is 0. The average molecular weight is 363 g/mol. The highest BCUT2D eigenvalue weighted by Gasteiger charge is 2.31. The molecule has 0 saturated heterocycles. The van der Waals surface area contributed by atoms with E-state index < -0.39 is 18.1 Å². The summed E-state index contributed by atoms with van der Waals surface area (Å²) in [5.41, 5.74) is 1.19. The van der Waals surface area contributed by atoms with Gasteiger partial charge in [0.1, 0.15) is 17.0 Å². The van der Waals surface area contributed by atoms with Crippen LogP contribution >= 0.6 is 0 Å². The number of hydrogen-bond donors (Lipinski definition) is 1. The molecule has 0 aliphatic heterocycles. The van der Waals surface area contributed by atoms with Crippen LogP contribution in [0.4, 0.5) is 13.2 Å². The predicted octanol–water partition coefficient (Wildman–Crippen LogP) is 3.84. The van der Waals surface area contributed by atoms with Crippen LogP contribution in [0.1, 0.15) is 16.1 Å². The van der Waals surface area contributed by atoms with Crippen LogP contribution in [0, 0.1) is 6.92 Å². The first-order valence-corrected chi connectivity index (χ1v) is 7.36. The maximum atomic E-state index is 12.4. The fraction of sp³-hybridized carbons (Fsp3) is 0.118. The molecule has 0 spiro atoms. The van der Waals surface area contributed by atoms with Crippen LogP contribution in [0.15, 0.2) is 48.8 Å². The summed E-state index contributed by atoms with van der Waals surface area (Å²) < 4.78 is 42.4. The second kappa shape index (κ2) is 6.51. The smallest absolute Gasteiger partial charge is 0.478 e. The molecular weight excluding hydrogens is 351 g/mol. The van der Waals surface area contributed by atoms with Crippen molar-refractivity contribution >= 4 is 5.97 Å². The fourth-order valence-corrected chi connectivity index (χ4v) is 2.53. The van der Waals surface area contributed by atoms with Gasteiger partial charge in [0, 0.05) is 24.0 Å². The summed E-state index contributed by atoms with van der Waals surface area (Å²) in [6, 6.07) is 8.35. The molecule has 1 N–H and O–H groups in total. The number of halogens is 3. The first-order valence-electron chi connectivity index (χ1n) is 7.36. The summed E-state index contributed by atoms with van der Waals surface area (Å²) >= 11 is 0. The molecule has 2 heterocycles. The lowest BCUT2D eigenvalue weighted by Crippen LogP contribution is -2.17. The van der Waals surface area contributed by atoms with E-state index in [-0.39, 0.29) is 22.6 Å². The predicted molar refractivity (Wildman–Crippen MR) is 85.2 cm³/mol. The molecule has 0 atom stereocenters. The molecule has 9 heteroatoms. The highest BCUT2D eigenvalue weighted by Crippen LogP contribution is 2.29. The molecule has 3 rings (SSSR count). The van der Waals surface area contributed by atoms with Crippen LogP contribution in [0.5, 0.6) is 5.75 Å². The van der Waals surface area contributed by atoms with Crippen molar-refractivity contribution in [2.45, 2.75) is 13.3 Å². The van der Waals surface area contributed by atoms with Crippen molar-refractivity contribution in [1.82, 2.24) is 14.8 Å². The number of rotatable bonds is 4. The number of carbonyl (C=O) groups is 1. The molecule has 1 aromatic carbocycles. The summed E-state index contributed by atoms with van der Waals surface area (Å²) in [6.45, 7) is 1.53. The molecule has 134 valence electrons. The number of carboxylic acids is 1. The molecule has 0 bridgehead atoms. The quantitative estimate of drug-likeness (QED) is 0.762. The van der Waals surface area contributed by atoms with Crippen LogP contribution in [-0.4, -0.2) is 32.2 Å². The lowest BCUT2D eigenvalue weighted by Gasteiger charge is -2.10. The van der Waals surface area contributed by atoms with Gasteiger partial charge in [0.15, 0.2) is 0 Å². The monoisotopic (exact) mass is 363 g/mol. The number of aromatic carboxylic acids is 1. The van der Waals surface area contributed by atoms with Gasteiger partial charge in [-0.25, -0.2) is 9.48 Å². The average Bonchev–Trinajstić information content (AvgIpc) is 2.92. The second-order valence-corrected chi connectivity index (χ2v) is 5.31. The Bertz CT molecular complexity index is 953. The minimum atomic E-state index is -4.83. The van der Waals surface area contributed by atoms with E-state index in [0.717, 1.165) is 12.1 Å². The Kier molecular flexibility index (Phi) is 4.37. The summed E-state index contributed by atoms with van der Waals surface area (Å²) in [4.78, 5) is 15.5. The number of pyridine rings is 1. The third-order valence-corrected chi connectivity index (χ3v) is 3.58. The van der Waals surface area contributed by atoms with Crippen molar-refractivity contribution in [3.8, 4) is 22.7 Å². The van der Waals surface area contributed by atoms with Gasteiger partial charge in [0.05, 0.1) is 11.4 Å². The number of aromatic nitrogens is 3. The largest absolute Gasteiger partial charge is 0.573 e. The van der Waals surface area contributed by atoms with Gasteiger partial charge in [0.25, 0.3) is 0 Å². The SMILES string of the molecule is Cc1c(C(=O)O)c(-c2ccncc2)nn1-c1cccc(OC(F)(F)F)c1. The van der Waals surface area contributed by atoms with Gasteiger partial charge >= 0.3 is 12.3 Å². The van der Waals surface area contributed by atoms with E-state index in [1.807, 2.05) is 0 Å². The van der Waals surface area contributed by atoms with Crippen LogP contribution in [0.25, 0.3) is 16.9 Å². The molecule has 26 heavy (non-hydrogen) atoms. The van der Waals surface area contributed by atoms with Gasteiger partial charge in [-0.3, -0.25) is 4.98 Å². The van der Waals surface area contributed by atoms with Crippen molar-refractivity contribution < 1.29 is 27.8 Å². The first-order chi connectivity index (χ1) is 12.3. The van der Waals surface area contributed by atoms with E-state index in [2.05, 4.69) is 14.8 Å². The zero-order valence-corrected chi connectivity index (χ0v) is 13.4. The Balaban J connectivity index is 2.12. The number of nitrogens with zero attached hydrogens (tertiary/aromatic N) is 3. The molecule has 6 nitrogen and oxygen atoms in total. The van der Waals surface area contributed by atoms with Gasteiger partial charge in [-0.2, -0.15) is 5.10 Å². The standard InChI is InChI=1S/C17H12F3N3O3/c1-10-14(16(24)25)15(11-5-7-21-8-6-11)22-23(10)12-3-2-4-13(9-12)26-17(18,19)20/h2-9H,1H3,(H,24,25). The minimum absolute atomic E-state index is 0.0432. The van der Waals surface area contributed by atoms with Crippen LogP contribution in [0.3, 0.4) is 0 Å². The minimum Gasteiger partial charge on any atom is -0.478 e.